The number of ether oxygens (including phenoxy) is 2. The van der Waals surface area contributed by atoms with Gasteiger partial charge in [-0.3, -0.25) is 14.4 Å². The quantitative estimate of drug-likeness (QED) is 0.232. The van der Waals surface area contributed by atoms with Crippen LogP contribution in [0.25, 0.3) is 11.3 Å². The summed E-state index contributed by atoms with van der Waals surface area (Å²) in [6, 6.07) is 14.5. The van der Waals surface area contributed by atoms with E-state index in [1.165, 1.54) is 12.3 Å². The topological polar surface area (TPSA) is 156 Å². The van der Waals surface area contributed by atoms with Crippen LogP contribution in [0.1, 0.15) is 41.9 Å². The zero-order valence-electron chi connectivity index (χ0n) is 23.6. The minimum Gasteiger partial charge on any atom is -0.493 e. The molecule has 2 aromatic heterocycles. The van der Waals surface area contributed by atoms with Crippen molar-refractivity contribution in [1.29, 1.82) is 0 Å². The first-order chi connectivity index (χ1) is 20.7. The van der Waals surface area contributed by atoms with E-state index in [4.69, 9.17) is 9.47 Å². The van der Waals surface area contributed by atoms with Crippen LogP contribution in [0.3, 0.4) is 0 Å². The summed E-state index contributed by atoms with van der Waals surface area (Å²) in [5.41, 5.74) is 0.892. The van der Waals surface area contributed by atoms with E-state index in [2.05, 4.69) is 15.3 Å². The molecule has 0 unspecified atom stereocenters. The number of aromatic hydroxyl groups is 1. The number of anilines is 1. The van der Waals surface area contributed by atoms with Crippen molar-refractivity contribution < 1.29 is 29.0 Å². The number of hydrogen-bond acceptors (Lipinski definition) is 9. The summed E-state index contributed by atoms with van der Waals surface area (Å²) < 4.78 is 11.9. The van der Waals surface area contributed by atoms with Gasteiger partial charge in [-0.1, -0.05) is 37.3 Å². The Bertz CT molecular complexity index is 1660. The van der Waals surface area contributed by atoms with Crippen LogP contribution in [-0.2, 0) is 14.3 Å². The van der Waals surface area contributed by atoms with Gasteiger partial charge in [0.2, 0.25) is 11.8 Å². The van der Waals surface area contributed by atoms with Gasteiger partial charge < -0.3 is 29.8 Å². The van der Waals surface area contributed by atoms with Gasteiger partial charge in [0.15, 0.2) is 17.5 Å². The summed E-state index contributed by atoms with van der Waals surface area (Å²) in [7, 11) is 0. The molecule has 2 aromatic carbocycles. The molecule has 1 fully saturated rings. The maximum atomic E-state index is 13.7. The van der Waals surface area contributed by atoms with Crippen molar-refractivity contribution in [2.24, 2.45) is 0 Å². The highest BCUT2D eigenvalue weighted by Gasteiger charge is 2.34. The first-order valence-electron chi connectivity index (χ1n) is 13.7. The molecular weight excluding hydrogens is 574 g/mol. The molecule has 0 aliphatic carbocycles. The normalized spacial score (nSPS) is 14.6. The number of thiazole rings is 1. The van der Waals surface area contributed by atoms with E-state index in [9.17, 15) is 24.3 Å². The first kappa shape index (κ1) is 29.7. The number of Topliss-reactive ketones (excluding diaryl/α,β-unsaturated/α-hetero) is 1. The molecule has 0 radical (unpaired) electrons. The molecule has 3 heterocycles. The minimum absolute atomic E-state index is 0.118. The molecular formula is C30H31N5O7S. The van der Waals surface area contributed by atoms with E-state index in [-0.39, 0.29) is 34.8 Å². The summed E-state index contributed by atoms with van der Waals surface area (Å²) in [6.45, 7) is 5.08. The van der Waals surface area contributed by atoms with E-state index in [0.717, 1.165) is 21.5 Å². The third-order valence-electron chi connectivity index (χ3n) is 7.21. The molecule has 1 aliphatic heterocycles. The Hall–Kier alpha value is -4.75. The van der Waals surface area contributed by atoms with Crippen molar-refractivity contribution >= 4 is 34.1 Å². The van der Waals surface area contributed by atoms with E-state index >= 15 is 0 Å². The number of rotatable bonds is 10. The summed E-state index contributed by atoms with van der Waals surface area (Å²) in [5.74, 6) is -1.49. The molecule has 5 rings (SSSR count). The first-order valence-corrected chi connectivity index (χ1v) is 14.6. The molecule has 0 spiro atoms. The van der Waals surface area contributed by atoms with Crippen LogP contribution in [0.2, 0.25) is 0 Å². The van der Waals surface area contributed by atoms with Crippen LogP contribution < -0.4 is 15.7 Å². The zero-order chi connectivity index (χ0) is 30.5. The second-order valence-electron chi connectivity index (χ2n) is 10.0. The van der Waals surface area contributed by atoms with Gasteiger partial charge >= 0.3 is 5.69 Å². The average molecular weight is 606 g/mol. The Morgan fingerprint density at radius 3 is 2.47 bits per heavy atom. The summed E-state index contributed by atoms with van der Waals surface area (Å²) >= 11 is 1.09. The number of carbonyl (C=O) groups excluding carboxylic acids is 3. The highest BCUT2D eigenvalue weighted by Crippen LogP contribution is 2.36. The Kier molecular flexibility index (Phi) is 9.02. The van der Waals surface area contributed by atoms with Crippen molar-refractivity contribution in [2.75, 3.05) is 38.2 Å². The molecule has 13 heteroatoms. The molecule has 1 saturated heterocycles. The monoisotopic (exact) mass is 605 g/mol. The highest BCUT2D eigenvalue weighted by molar-refractivity contribution is 7.14. The second-order valence-corrected chi connectivity index (χ2v) is 10.9. The molecule has 0 saturated carbocycles. The number of hydrogen-bond donors (Lipinski definition) is 3. The number of benzene rings is 2. The fourth-order valence-corrected chi connectivity index (χ4v) is 5.60. The van der Waals surface area contributed by atoms with Crippen molar-refractivity contribution in [3.8, 4) is 22.9 Å². The lowest BCUT2D eigenvalue weighted by molar-refractivity contribution is -0.137. The maximum Gasteiger partial charge on any atom is 0.329 e. The number of aromatic nitrogens is 3. The lowest BCUT2D eigenvalue weighted by Gasteiger charge is -2.26. The molecule has 224 valence electrons. The number of morpholine rings is 1. The molecule has 2 atom stereocenters. The van der Waals surface area contributed by atoms with Crippen LogP contribution >= 0.6 is 11.3 Å². The number of nitrogens with zero attached hydrogens (tertiary/aromatic N) is 3. The average Bonchev–Trinajstić information content (AvgIpc) is 3.61. The van der Waals surface area contributed by atoms with E-state index in [1.807, 2.05) is 30.3 Å². The molecule has 4 aromatic rings. The van der Waals surface area contributed by atoms with Crippen LogP contribution in [0.4, 0.5) is 5.13 Å². The van der Waals surface area contributed by atoms with Gasteiger partial charge in [0.25, 0.3) is 5.91 Å². The third-order valence-corrected chi connectivity index (χ3v) is 7.97. The second kappa shape index (κ2) is 13.0. The number of nitrogens with one attached hydrogen (secondary N) is 2. The Morgan fingerprint density at radius 2 is 1.81 bits per heavy atom. The number of amides is 2. The number of aromatic amines is 1. The van der Waals surface area contributed by atoms with Gasteiger partial charge in [0, 0.05) is 36.9 Å². The maximum absolute atomic E-state index is 13.7. The van der Waals surface area contributed by atoms with E-state index < -0.39 is 29.4 Å². The molecule has 3 N–H and O–H groups in total. The van der Waals surface area contributed by atoms with E-state index in [1.54, 1.807) is 36.1 Å². The highest BCUT2D eigenvalue weighted by atomic mass is 32.1. The van der Waals surface area contributed by atoms with E-state index in [0.29, 0.717) is 37.6 Å². The predicted octanol–water partition coefficient (Wildman–Crippen LogP) is 3.43. The Labute approximate surface area is 250 Å². The zero-order valence-corrected chi connectivity index (χ0v) is 24.4. The molecule has 2 amide bonds. The third kappa shape index (κ3) is 6.68. The smallest absolute Gasteiger partial charge is 0.329 e. The predicted molar refractivity (Wildman–Crippen MR) is 160 cm³/mol. The van der Waals surface area contributed by atoms with Crippen LogP contribution in [0.5, 0.6) is 11.6 Å². The number of H-pyrrole nitrogens is 1. The fourth-order valence-electron chi connectivity index (χ4n) is 4.84. The standard InChI is InChI=1S/C30H31N5O7S/c1-18(20-6-4-3-5-7-20)26(27(38)33-29-31-23(17-43-29)19(2)36)35-28(39)25(32-30(35)40)21-8-10-22(11-9-21)42-16-24(37)34-12-14-41-15-13-34/h3-11,17-18,26,39H,12-16H2,1-2H3,(H,32,40)(H,31,33,38)/t18-,26-/m0/s1. The molecule has 1 aliphatic rings. The molecule has 0 bridgehead atoms. The number of ketones is 1. The van der Waals surface area contributed by atoms with Gasteiger partial charge in [0.1, 0.15) is 23.2 Å². The van der Waals surface area contributed by atoms with Crippen LogP contribution in [-0.4, -0.2) is 75.0 Å². The Balaban J connectivity index is 1.40. The van der Waals surface area contributed by atoms with Gasteiger partial charge in [-0.2, -0.15) is 0 Å². The molecule has 12 nitrogen and oxygen atoms in total. The summed E-state index contributed by atoms with van der Waals surface area (Å²) in [6.07, 6.45) is 0. The van der Waals surface area contributed by atoms with Crippen LogP contribution in [0, 0.1) is 0 Å². The number of carbonyl (C=O) groups is 3. The summed E-state index contributed by atoms with van der Waals surface area (Å²) in [5, 5.41) is 15.8. The lowest BCUT2D eigenvalue weighted by atomic mass is 9.92. The minimum atomic E-state index is -1.17. The van der Waals surface area contributed by atoms with Gasteiger partial charge in [-0.25, -0.2) is 14.3 Å². The van der Waals surface area contributed by atoms with Crippen molar-refractivity contribution in [1.82, 2.24) is 19.4 Å². The molecule has 43 heavy (non-hydrogen) atoms. The Morgan fingerprint density at radius 1 is 1.12 bits per heavy atom. The van der Waals surface area contributed by atoms with Crippen molar-refractivity contribution in [3.63, 3.8) is 0 Å². The SMILES string of the molecule is CC(=O)c1csc(NC(=O)[C@H]([C@@H](C)c2ccccc2)n2c(O)c(-c3ccc(OCC(=O)N4CCOCC4)cc3)[nH]c2=O)n1. The van der Waals surface area contributed by atoms with Gasteiger partial charge in [-0.15, -0.1) is 11.3 Å². The van der Waals surface area contributed by atoms with Crippen molar-refractivity contribution in [3.05, 3.63) is 81.7 Å². The van der Waals surface area contributed by atoms with Crippen LogP contribution in [0.15, 0.2) is 64.8 Å². The lowest BCUT2D eigenvalue weighted by Crippen LogP contribution is -2.42. The largest absolute Gasteiger partial charge is 0.493 e. The number of imidazole rings is 1. The van der Waals surface area contributed by atoms with Crippen molar-refractivity contribution in [2.45, 2.75) is 25.8 Å². The summed E-state index contributed by atoms with van der Waals surface area (Å²) in [4.78, 5) is 59.6. The van der Waals surface area contributed by atoms with Gasteiger partial charge in [-0.05, 0) is 29.8 Å². The van der Waals surface area contributed by atoms with Gasteiger partial charge in [0.05, 0.1) is 13.2 Å². The fraction of sp³-hybridized carbons (Fsp3) is 0.300.